The number of fused-ring (bicyclic) bond motifs is 7. The number of rotatable bonds is 18. The molecule has 4 heterocycles. The molecule has 76 heavy (non-hydrogen) atoms. The van der Waals surface area contributed by atoms with E-state index in [0.717, 1.165) is 44.7 Å². The van der Waals surface area contributed by atoms with Crippen molar-refractivity contribution in [2.45, 2.75) is 123 Å². The molecule has 2 amide bonds. The molecule has 4 aliphatic rings. The maximum atomic E-state index is 14.0. The summed E-state index contributed by atoms with van der Waals surface area (Å²) in [6, 6.07) is 24.0. The molecule has 9 rings (SSSR count). The van der Waals surface area contributed by atoms with Crippen LogP contribution in [0.25, 0.3) is 21.5 Å². The zero-order valence-corrected chi connectivity index (χ0v) is 45.9. The third kappa shape index (κ3) is 9.71. The van der Waals surface area contributed by atoms with Gasteiger partial charge in [-0.1, -0.05) is 86.7 Å². The zero-order chi connectivity index (χ0) is 54.9. The van der Waals surface area contributed by atoms with E-state index in [-0.39, 0.29) is 40.2 Å². The number of anilines is 1. The first-order chi connectivity index (χ1) is 35.8. The van der Waals surface area contributed by atoms with E-state index in [4.69, 9.17) is 0 Å². The number of allylic oxidation sites excluding steroid dienone is 6. The second-order valence-corrected chi connectivity index (χ2v) is 26.1. The fourth-order valence-corrected chi connectivity index (χ4v) is 14.9. The smallest absolute Gasteiger partial charge is 0.327 e. The SMILES string of the molecule is CCN1C(=CC=CC=CC2=[N+](CCCCCC(=O)NC(C(=O)C[C@@H]3C(=O)N4[C@@H]3SC(C)(C)[C@@H]4C(=O)O)c3ccccc3)c3ccc4c(S(=O)(=O)O)cccc4c3C2(C)C)C(C)(C)c2c1ccc1ccc(S(=O)(=O)O)cc21. The lowest BCUT2D eigenvalue weighted by molar-refractivity contribution is -0.438. The number of carbonyl (C=O) groups is 4. The highest BCUT2D eigenvalue weighted by Crippen LogP contribution is 2.55. The van der Waals surface area contributed by atoms with Crippen molar-refractivity contribution in [3.05, 3.63) is 144 Å². The van der Waals surface area contributed by atoms with Gasteiger partial charge in [-0.2, -0.15) is 21.4 Å². The maximum Gasteiger partial charge on any atom is 0.327 e. The van der Waals surface area contributed by atoms with Crippen molar-refractivity contribution in [3.8, 4) is 0 Å². The summed E-state index contributed by atoms with van der Waals surface area (Å²) in [6.45, 7) is 15.2. The number of hydrogen-bond donors (Lipinski definition) is 4. The molecule has 18 heteroatoms. The average molecular weight is 1090 g/mol. The van der Waals surface area contributed by atoms with Crippen LogP contribution in [0.5, 0.6) is 0 Å². The second kappa shape index (κ2) is 20.2. The van der Waals surface area contributed by atoms with Gasteiger partial charge < -0.3 is 20.2 Å². The minimum absolute atomic E-state index is 0.136. The quantitative estimate of drug-likeness (QED) is 0.0211. The highest BCUT2D eigenvalue weighted by molar-refractivity contribution is 8.01. The number of hydrogen-bond acceptors (Lipinski definition) is 10. The number of carbonyl (C=O) groups excluding carboxylic acids is 3. The van der Waals surface area contributed by atoms with Gasteiger partial charge in [-0.25, -0.2) is 4.79 Å². The van der Waals surface area contributed by atoms with Gasteiger partial charge in [0.05, 0.1) is 21.6 Å². The van der Waals surface area contributed by atoms with E-state index in [1.54, 1.807) is 56.3 Å². The molecule has 4 aliphatic heterocycles. The number of nitrogens with zero attached hydrogens (tertiary/aromatic N) is 3. The van der Waals surface area contributed by atoms with E-state index in [1.165, 1.54) is 34.9 Å². The topological polar surface area (TPSA) is 219 Å². The minimum atomic E-state index is -4.54. The van der Waals surface area contributed by atoms with Crippen LogP contribution >= 0.6 is 11.8 Å². The minimum Gasteiger partial charge on any atom is -0.480 e. The molecule has 2 fully saturated rings. The molecule has 4 atom stereocenters. The van der Waals surface area contributed by atoms with Crippen molar-refractivity contribution in [2.24, 2.45) is 5.92 Å². The first-order valence-electron chi connectivity index (χ1n) is 25.4. The molecule has 4 N–H and O–H groups in total. The number of aliphatic carboxylic acids is 1. The predicted molar refractivity (Wildman–Crippen MR) is 295 cm³/mol. The Morgan fingerprint density at radius 2 is 1.51 bits per heavy atom. The first-order valence-corrected chi connectivity index (χ1v) is 29.2. The number of β-lactam (4-membered cyclic amide) rings is 1. The molecule has 1 unspecified atom stereocenters. The normalized spacial score (nSPS) is 21.4. The van der Waals surface area contributed by atoms with Crippen LogP contribution in [-0.2, 0) is 50.2 Å². The van der Waals surface area contributed by atoms with Crippen molar-refractivity contribution in [3.63, 3.8) is 0 Å². The predicted octanol–water partition coefficient (Wildman–Crippen LogP) is 9.82. The van der Waals surface area contributed by atoms with Gasteiger partial charge in [0, 0.05) is 70.4 Å². The third-order valence-electron chi connectivity index (χ3n) is 15.5. The van der Waals surface area contributed by atoms with Gasteiger partial charge in [-0.3, -0.25) is 23.5 Å². The summed E-state index contributed by atoms with van der Waals surface area (Å²) in [5, 5.41) is 15.1. The van der Waals surface area contributed by atoms with Crippen LogP contribution in [0, 0.1) is 5.92 Å². The summed E-state index contributed by atoms with van der Waals surface area (Å²) in [4.78, 5) is 56.2. The van der Waals surface area contributed by atoms with E-state index in [2.05, 4.69) is 55.5 Å². The number of benzene rings is 5. The van der Waals surface area contributed by atoms with Crippen LogP contribution in [0.2, 0.25) is 0 Å². The number of unbranched alkanes of at least 4 members (excludes halogenated alkanes) is 2. The van der Waals surface area contributed by atoms with Crippen LogP contribution < -0.4 is 10.2 Å². The van der Waals surface area contributed by atoms with Crippen LogP contribution in [0.4, 0.5) is 11.4 Å². The Morgan fingerprint density at radius 3 is 2.20 bits per heavy atom. The zero-order valence-electron chi connectivity index (χ0n) is 43.5. The van der Waals surface area contributed by atoms with Gasteiger partial charge in [0.25, 0.3) is 20.2 Å². The van der Waals surface area contributed by atoms with Crippen molar-refractivity contribution >= 4 is 94.2 Å². The highest BCUT2D eigenvalue weighted by Gasteiger charge is 2.64. The van der Waals surface area contributed by atoms with E-state index in [1.807, 2.05) is 54.6 Å². The average Bonchev–Trinajstić information content (AvgIpc) is 3.85. The Bertz CT molecular complexity index is 3600. The van der Waals surface area contributed by atoms with Gasteiger partial charge in [-0.05, 0) is 111 Å². The fourth-order valence-electron chi connectivity index (χ4n) is 12.1. The maximum absolute atomic E-state index is 14.0. The second-order valence-electron chi connectivity index (χ2n) is 21.5. The lowest BCUT2D eigenvalue weighted by Gasteiger charge is -2.43. The summed E-state index contributed by atoms with van der Waals surface area (Å²) in [6.07, 6.45) is 11.8. The summed E-state index contributed by atoms with van der Waals surface area (Å²) < 4.78 is 71.0. The monoisotopic (exact) mass is 1090 g/mol. The number of thioether (sulfide) groups is 1. The molecule has 0 aromatic heterocycles. The van der Waals surface area contributed by atoms with Crippen LogP contribution in [0.3, 0.4) is 0 Å². The number of likely N-dealkylation sites (N-methyl/N-ethyl adjacent to an activating group) is 1. The molecule has 398 valence electrons. The van der Waals surface area contributed by atoms with Crippen molar-refractivity contribution in [1.82, 2.24) is 10.2 Å². The van der Waals surface area contributed by atoms with Gasteiger partial charge in [0.2, 0.25) is 17.5 Å². The van der Waals surface area contributed by atoms with Crippen molar-refractivity contribution in [1.29, 1.82) is 0 Å². The number of Topliss-reactive ketones (excluding diaryl/α,β-unsaturated/α-hetero) is 1. The van der Waals surface area contributed by atoms with Crippen molar-refractivity contribution < 1.29 is 54.8 Å². The van der Waals surface area contributed by atoms with Gasteiger partial charge in [0.15, 0.2) is 11.5 Å². The summed E-state index contributed by atoms with van der Waals surface area (Å²) in [5.41, 5.74) is 5.07. The van der Waals surface area contributed by atoms with Gasteiger partial charge in [-0.15, -0.1) is 11.8 Å². The Labute approximate surface area is 447 Å². The Morgan fingerprint density at radius 1 is 0.789 bits per heavy atom. The molecule has 0 radical (unpaired) electrons. The molecule has 5 aromatic carbocycles. The Balaban J connectivity index is 0.929. The van der Waals surface area contributed by atoms with E-state index < -0.39 is 65.2 Å². The van der Waals surface area contributed by atoms with E-state index >= 15 is 0 Å². The largest absolute Gasteiger partial charge is 0.480 e. The molecule has 0 aliphatic carbocycles. The van der Waals surface area contributed by atoms with Crippen LogP contribution in [0.15, 0.2) is 137 Å². The van der Waals surface area contributed by atoms with E-state index in [0.29, 0.717) is 48.7 Å². The molecule has 0 bridgehead atoms. The third-order valence-corrected chi connectivity index (χ3v) is 18.9. The molecule has 5 aromatic rings. The molecular weight excluding hydrogens is 1020 g/mol. The van der Waals surface area contributed by atoms with Crippen LogP contribution in [0.1, 0.15) is 103 Å². The number of nitrogens with one attached hydrogen (secondary N) is 1. The Kier molecular flexibility index (Phi) is 14.4. The Hall–Kier alpha value is -6.44. The van der Waals surface area contributed by atoms with Crippen LogP contribution in [-0.4, -0.2) is 99.1 Å². The number of carboxylic acid groups (broad SMARTS) is 1. The lowest BCUT2D eigenvalue weighted by Crippen LogP contribution is -2.63. The van der Waals surface area contributed by atoms with Gasteiger partial charge >= 0.3 is 5.97 Å². The highest BCUT2D eigenvalue weighted by atomic mass is 32.2. The summed E-state index contributed by atoms with van der Waals surface area (Å²) in [5.74, 6) is -2.79. The lowest BCUT2D eigenvalue weighted by atomic mass is 9.79. The first kappa shape index (κ1) is 54.4. The summed E-state index contributed by atoms with van der Waals surface area (Å²) in [7, 11) is -8.96. The van der Waals surface area contributed by atoms with Crippen molar-refractivity contribution in [2.75, 3.05) is 18.0 Å². The molecular formula is C58H63N4O11S3+. The van der Waals surface area contributed by atoms with Gasteiger partial charge in [0.1, 0.15) is 23.5 Å². The summed E-state index contributed by atoms with van der Waals surface area (Å²) >= 11 is 1.38. The number of carboxylic acids is 1. The number of ketones is 1. The molecule has 0 spiro atoms. The fraction of sp³-hybridized carbons (Fsp3) is 0.362. The number of amides is 2. The molecule has 0 saturated carbocycles. The standard InChI is InChI=1S/C58H62N4O11S3/c1-8-60-42-30-27-35-26-28-37(75(68,69)70)33-40(35)50(42)56(2,3)46(60)23-14-10-15-24-47-57(4,5)49-39-21-18-22-45(76(71,72)73)38(39)29-31-43(49)61(47)32-17-11-16-25-48(64)59-51(36-19-12-9-13-20-36)44(63)34-41-53(65)62-52(55(66)67)58(6,7)74-54(41)62/h9-10,12-15,18-24,26-31,33,41,51-52,54H,8,11,16-17,25,32,34H2,1-7H3,(H3-,59,64,66,67,68,69,70,71,72,73)/p+1/t41-,51?,52+,54-/m1/s1. The molecule has 2 saturated heterocycles. The van der Waals surface area contributed by atoms with E-state index in [9.17, 15) is 50.2 Å². The molecule has 15 nitrogen and oxygen atoms in total.